The fourth-order valence-electron chi connectivity index (χ4n) is 1.82. The molecule has 0 aliphatic heterocycles. The highest BCUT2D eigenvalue weighted by Gasteiger charge is 2.13. The van der Waals surface area contributed by atoms with Gasteiger partial charge in [0.15, 0.2) is 0 Å². The van der Waals surface area contributed by atoms with Crippen LogP contribution in [0.25, 0.3) is 0 Å². The molecule has 2 aromatic rings. The second kappa shape index (κ2) is 5.41. The number of likely N-dealkylation sites (N-methyl/N-ethyl adjacent to an activating group) is 1. The van der Waals surface area contributed by atoms with Gasteiger partial charge in [0, 0.05) is 36.1 Å². The van der Waals surface area contributed by atoms with Gasteiger partial charge >= 0.3 is 0 Å². The van der Waals surface area contributed by atoms with Crippen LogP contribution in [0, 0.1) is 0 Å². The van der Waals surface area contributed by atoms with E-state index in [1.807, 2.05) is 37.4 Å². The van der Waals surface area contributed by atoms with E-state index >= 15 is 0 Å². The maximum Gasteiger partial charge on any atom is 0.128 e. The molecule has 1 unspecified atom stereocenters. The molecular formula is C13H16N4. The molecule has 2 rings (SSSR count). The number of rotatable bonds is 4. The zero-order valence-corrected chi connectivity index (χ0v) is 9.80. The Bertz CT molecular complexity index is 470. The molecule has 0 fully saturated rings. The van der Waals surface area contributed by atoms with E-state index in [-0.39, 0.29) is 6.04 Å². The third-order valence-corrected chi connectivity index (χ3v) is 2.73. The molecule has 88 valence electrons. The number of hydrogen-bond acceptors (Lipinski definition) is 4. The zero-order valence-electron chi connectivity index (χ0n) is 9.80. The van der Waals surface area contributed by atoms with Crippen LogP contribution in [0.15, 0.2) is 42.7 Å². The van der Waals surface area contributed by atoms with Crippen molar-refractivity contribution in [2.75, 3.05) is 12.8 Å². The molecule has 0 amide bonds. The number of anilines is 1. The summed E-state index contributed by atoms with van der Waals surface area (Å²) in [6.45, 7) is 0. The van der Waals surface area contributed by atoms with Crippen molar-refractivity contribution in [3.63, 3.8) is 0 Å². The minimum absolute atomic E-state index is 0.138. The molecule has 0 aromatic carbocycles. The van der Waals surface area contributed by atoms with Crippen molar-refractivity contribution >= 4 is 5.82 Å². The molecule has 4 nitrogen and oxygen atoms in total. The van der Waals surface area contributed by atoms with Gasteiger partial charge in [-0.15, -0.1) is 0 Å². The Labute approximate surface area is 101 Å². The van der Waals surface area contributed by atoms with Crippen LogP contribution in [0.3, 0.4) is 0 Å². The number of nitrogens with one attached hydrogen (secondary N) is 1. The highest BCUT2D eigenvalue weighted by molar-refractivity contribution is 5.41. The van der Waals surface area contributed by atoms with Gasteiger partial charge in [0.2, 0.25) is 0 Å². The Morgan fingerprint density at radius 2 is 2.00 bits per heavy atom. The zero-order chi connectivity index (χ0) is 12.1. The minimum atomic E-state index is 0.138. The van der Waals surface area contributed by atoms with Gasteiger partial charge in [-0.25, -0.2) is 4.98 Å². The van der Waals surface area contributed by atoms with E-state index < -0.39 is 0 Å². The van der Waals surface area contributed by atoms with Gasteiger partial charge in [0.05, 0.1) is 0 Å². The summed E-state index contributed by atoms with van der Waals surface area (Å²) in [6.07, 6.45) is 4.30. The predicted molar refractivity (Wildman–Crippen MR) is 68.4 cm³/mol. The van der Waals surface area contributed by atoms with E-state index in [0.29, 0.717) is 5.82 Å². The summed E-state index contributed by atoms with van der Waals surface area (Å²) in [5.41, 5.74) is 7.93. The monoisotopic (exact) mass is 228 g/mol. The average Bonchev–Trinajstić information content (AvgIpc) is 2.38. The summed E-state index contributed by atoms with van der Waals surface area (Å²) in [5, 5.41) is 3.25. The van der Waals surface area contributed by atoms with Crippen LogP contribution in [-0.2, 0) is 6.42 Å². The topological polar surface area (TPSA) is 63.8 Å². The quantitative estimate of drug-likeness (QED) is 0.833. The van der Waals surface area contributed by atoms with Crippen molar-refractivity contribution in [3.8, 4) is 0 Å². The molecule has 0 aliphatic carbocycles. The molecule has 0 bridgehead atoms. The van der Waals surface area contributed by atoms with E-state index in [1.54, 1.807) is 12.4 Å². The Kier molecular flexibility index (Phi) is 3.67. The van der Waals surface area contributed by atoms with Crippen LogP contribution in [0.4, 0.5) is 5.82 Å². The lowest BCUT2D eigenvalue weighted by atomic mass is 10.0. The minimum Gasteiger partial charge on any atom is -0.383 e. The van der Waals surface area contributed by atoms with Crippen molar-refractivity contribution in [3.05, 3.63) is 54.0 Å². The summed E-state index contributed by atoms with van der Waals surface area (Å²) in [6, 6.07) is 9.94. The van der Waals surface area contributed by atoms with Gasteiger partial charge < -0.3 is 11.1 Å². The first kappa shape index (κ1) is 11.5. The van der Waals surface area contributed by atoms with Crippen LogP contribution in [0.2, 0.25) is 0 Å². The van der Waals surface area contributed by atoms with Crippen molar-refractivity contribution in [1.29, 1.82) is 0 Å². The standard InChI is InChI=1S/C13H16N4/c1-15-12(9-10-5-2-3-7-16-10)11-6-4-8-17-13(11)14/h2-8,12,15H,9H2,1H3,(H2,14,17). The highest BCUT2D eigenvalue weighted by atomic mass is 14.9. The fourth-order valence-corrected chi connectivity index (χ4v) is 1.82. The number of nitrogens with two attached hydrogens (primary N) is 1. The fraction of sp³-hybridized carbons (Fsp3) is 0.231. The largest absolute Gasteiger partial charge is 0.383 e. The number of nitrogen functional groups attached to an aromatic ring is 1. The summed E-state index contributed by atoms with van der Waals surface area (Å²) in [5.74, 6) is 0.572. The van der Waals surface area contributed by atoms with E-state index in [9.17, 15) is 0 Å². The summed E-state index contributed by atoms with van der Waals surface area (Å²) in [7, 11) is 1.92. The maximum absolute atomic E-state index is 5.88. The number of aromatic nitrogens is 2. The lowest BCUT2D eigenvalue weighted by Crippen LogP contribution is -2.20. The van der Waals surface area contributed by atoms with Gasteiger partial charge in [-0.2, -0.15) is 0 Å². The Morgan fingerprint density at radius 3 is 2.65 bits per heavy atom. The SMILES string of the molecule is CNC(Cc1ccccn1)c1cccnc1N. The van der Waals surface area contributed by atoms with Crippen molar-refractivity contribution in [1.82, 2.24) is 15.3 Å². The predicted octanol–water partition coefficient (Wildman–Crippen LogP) is 1.56. The molecule has 3 N–H and O–H groups in total. The summed E-state index contributed by atoms with van der Waals surface area (Å²) >= 11 is 0. The lowest BCUT2D eigenvalue weighted by Gasteiger charge is -2.17. The van der Waals surface area contributed by atoms with Gasteiger partial charge in [-0.1, -0.05) is 12.1 Å². The smallest absolute Gasteiger partial charge is 0.128 e. The second-order valence-corrected chi connectivity index (χ2v) is 3.84. The first-order chi connectivity index (χ1) is 8.31. The lowest BCUT2D eigenvalue weighted by molar-refractivity contribution is 0.584. The van der Waals surface area contributed by atoms with Crippen LogP contribution < -0.4 is 11.1 Å². The number of hydrogen-bond donors (Lipinski definition) is 2. The Hall–Kier alpha value is -1.94. The van der Waals surface area contributed by atoms with Crippen LogP contribution >= 0.6 is 0 Å². The molecular weight excluding hydrogens is 212 g/mol. The van der Waals surface area contributed by atoms with Crippen LogP contribution in [-0.4, -0.2) is 17.0 Å². The van der Waals surface area contributed by atoms with Gasteiger partial charge in [-0.3, -0.25) is 4.98 Å². The maximum atomic E-state index is 5.88. The van der Waals surface area contributed by atoms with E-state index in [4.69, 9.17) is 5.73 Å². The third-order valence-electron chi connectivity index (χ3n) is 2.73. The Morgan fingerprint density at radius 1 is 1.18 bits per heavy atom. The molecule has 2 aromatic heterocycles. The first-order valence-corrected chi connectivity index (χ1v) is 5.59. The van der Waals surface area contributed by atoms with E-state index in [2.05, 4.69) is 15.3 Å². The van der Waals surface area contributed by atoms with E-state index in [0.717, 1.165) is 17.7 Å². The van der Waals surface area contributed by atoms with Gasteiger partial charge in [-0.05, 0) is 25.2 Å². The van der Waals surface area contributed by atoms with E-state index in [1.165, 1.54) is 0 Å². The average molecular weight is 228 g/mol. The second-order valence-electron chi connectivity index (χ2n) is 3.84. The molecule has 2 heterocycles. The van der Waals surface area contributed by atoms with Gasteiger partial charge in [0.1, 0.15) is 5.82 Å². The van der Waals surface area contributed by atoms with Crippen LogP contribution in [0.1, 0.15) is 17.3 Å². The molecule has 0 radical (unpaired) electrons. The number of nitrogens with zero attached hydrogens (tertiary/aromatic N) is 2. The molecule has 0 saturated heterocycles. The molecule has 4 heteroatoms. The molecule has 17 heavy (non-hydrogen) atoms. The molecule has 0 saturated carbocycles. The van der Waals surface area contributed by atoms with Gasteiger partial charge in [0.25, 0.3) is 0 Å². The van der Waals surface area contributed by atoms with Crippen molar-refractivity contribution < 1.29 is 0 Å². The first-order valence-electron chi connectivity index (χ1n) is 5.59. The van der Waals surface area contributed by atoms with Crippen molar-refractivity contribution in [2.45, 2.75) is 12.5 Å². The molecule has 1 atom stereocenters. The summed E-state index contributed by atoms with van der Waals surface area (Å²) < 4.78 is 0. The Balaban J connectivity index is 2.21. The molecule has 0 spiro atoms. The number of pyridine rings is 2. The summed E-state index contributed by atoms with van der Waals surface area (Å²) in [4.78, 5) is 8.43. The normalized spacial score (nSPS) is 12.3. The highest BCUT2D eigenvalue weighted by Crippen LogP contribution is 2.20. The van der Waals surface area contributed by atoms with Crippen LogP contribution in [0.5, 0.6) is 0 Å². The third kappa shape index (κ3) is 2.79. The molecule has 0 aliphatic rings. The van der Waals surface area contributed by atoms with Crippen molar-refractivity contribution in [2.24, 2.45) is 0 Å².